The molecule has 0 amide bonds. The minimum Gasteiger partial charge on any atom is -0.491 e. The van der Waals surface area contributed by atoms with Gasteiger partial charge in [0, 0.05) is 6.61 Å². The van der Waals surface area contributed by atoms with Crippen LogP contribution in [0, 0.1) is 0 Å². The van der Waals surface area contributed by atoms with Crippen molar-refractivity contribution in [2.24, 2.45) is 5.84 Å². The van der Waals surface area contributed by atoms with E-state index in [2.05, 4.69) is 31.4 Å². The first-order chi connectivity index (χ1) is 10.0. The molecule has 0 saturated heterocycles. The molecule has 1 unspecified atom stereocenters. The molecular formula is C17H30N2O2. The molecule has 0 spiro atoms. The molecule has 1 aromatic rings. The molecule has 0 bridgehead atoms. The lowest BCUT2D eigenvalue weighted by atomic mass is 9.84. The Bertz CT molecular complexity index is 400. The molecular weight excluding hydrogens is 264 g/mol. The molecule has 0 heterocycles. The Morgan fingerprint density at radius 2 is 1.67 bits per heavy atom. The van der Waals surface area contributed by atoms with E-state index < -0.39 is 0 Å². The van der Waals surface area contributed by atoms with Crippen molar-refractivity contribution in [2.75, 3.05) is 6.61 Å². The topological polar surface area (TPSA) is 56.5 Å². The highest BCUT2D eigenvalue weighted by Crippen LogP contribution is 2.35. The van der Waals surface area contributed by atoms with Crippen molar-refractivity contribution in [3.63, 3.8) is 0 Å². The predicted octanol–water partition coefficient (Wildman–Crippen LogP) is 3.57. The lowest BCUT2D eigenvalue weighted by Gasteiger charge is -2.39. The number of ether oxygens (including phenoxy) is 2. The van der Waals surface area contributed by atoms with Crippen LogP contribution in [0.1, 0.15) is 59.1 Å². The van der Waals surface area contributed by atoms with Crippen molar-refractivity contribution >= 4 is 0 Å². The van der Waals surface area contributed by atoms with Crippen molar-refractivity contribution in [1.82, 2.24) is 5.43 Å². The molecule has 120 valence electrons. The number of hydrogen-bond donors (Lipinski definition) is 2. The molecule has 0 aliphatic carbocycles. The van der Waals surface area contributed by atoms with Gasteiger partial charge in [-0.15, -0.1) is 0 Å². The summed E-state index contributed by atoms with van der Waals surface area (Å²) < 4.78 is 11.7. The van der Waals surface area contributed by atoms with Crippen LogP contribution in [0.15, 0.2) is 24.3 Å². The lowest BCUT2D eigenvalue weighted by Crippen LogP contribution is -2.48. The zero-order valence-electron chi connectivity index (χ0n) is 14.0. The standard InChI is InChI=1S/C17H30N2O2/c1-6-17(7-2,20-8-3)16(19-18)14-9-11-15(12-10-14)21-13(4)5/h9-13,16,19H,6-8,18H2,1-5H3. The van der Waals surface area contributed by atoms with Gasteiger partial charge in [-0.3, -0.25) is 11.3 Å². The van der Waals surface area contributed by atoms with Crippen molar-refractivity contribution < 1.29 is 9.47 Å². The molecule has 1 rings (SSSR count). The van der Waals surface area contributed by atoms with Crippen LogP contribution >= 0.6 is 0 Å². The van der Waals surface area contributed by atoms with E-state index in [1.165, 1.54) is 0 Å². The molecule has 1 aromatic carbocycles. The second kappa shape index (κ2) is 8.37. The second-order valence-corrected chi connectivity index (χ2v) is 5.54. The van der Waals surface area contributed by atoms with Gasteiger partial charge >= 0.3 is 0 Å². The van der Waals surface area contributed by atoms with Crippen LogP contribution in [-0.4, -0.2) is 18.3 Å². The fourth-order valence-corrected chi connectivity index (χ4v) is 2.80. The van der Waals surface area contributed by atoms with Crippen LogP contribution in [0.4, 0.5) is 0 Å². The Morgan fingerprint density at radius 1 is 1.10 bits per heavy atom. The maximum Gasteiger partial charge on any atom is 0.119 e. The Kier molecular flexibility index (Phi) is 7.15. The second-order valence-electron chi connectivity index (χ2n) is 5.54. The van der Waals surface area contributed by atoms with Crippen LogP contribution in [0.25, 0.3) is 0 Å². The Morgan fingerprint density at radius 3 is 2.05 bits per heavy atom. The zero-order chi connectivity index (χ0) is 15.9. The van der Waals surface area contributed by atoms with E-state index in [9.17, 15) is 0 Å². The molecule has 4 nitrogen and oxygen atoms in total. The quantitative estimate of drug-likeness (QED) is 0.540. The summed E-state index contributed by atoms with van der Waals surface area (Å²) in [5.74, 6) is 6.70. The molecule has 4 heteroatoms. The molecule has 0 aromatic heterocycles. The highest BCUT2D eigenvalue weighted by molar-refractivity contribution is 5.31. The fourth-order valence-electron chi connectivity index (χ4n) is 2.80. The van der Waals surface area contributed by atoms with E-state index in [0.717, 1.165) is 24.2 Å². The summed E-state index contributed by atoms with van der Waals surface area (Å²) in [5, 5.41) is 0. The van der Waals surface area contributed by atoms with E-state index in [0.29, 0.717) is 6.61 Å². The third kappa shape index (κ3) is 4.43. The summed E-state index contributed by atoms with van der Waals surface area (Å²) in [6, 6.07) is 8.05. The van der Waals surface area contributed by atoms with Crippen LogP contribution in [-0.2, 0) is 4.74 Å². The molecule has 0 aliphatic rings. The lowest BCUT2D eigenvalue weighted by molar-refractivity contribution is -0.0734. The van der Waals surface area contributed by atoms with Crippen LogP contribution < -0.4 is 16.0 Å². The van der Waals surface area contributed by atoms with Crippen LogP contribution in [0.2, 0.25) is 0 Å². The smallest absolute Gasteiger partial charge is 0.119 e. The van der Waals surface area contributed by atoms with Gasteiger partial charge < -0.3 is 9.47 Å². The molecule has 21 heavy (non-hydrogen) atoms. The highest BCUT2D eigenvalue weighted by Gasteiger charge is 2.37. The van der Waals surface area contributed by atoms with Crippen LogP contribution in [0.3, 0.4) is 0 Å². The van der Waals surface area contributed by atoms with Crippen molar-refractivity contribution in [3.05, 3.63) is 29.8 Å². The molecule has 3 N–H and O–H groups in total. The van der Waals surface area contributed by atoms with Gasteiger partial charge in [0.15, 0.2) is 0 Å². The van der Waals surface area contributed by atoms with Gasteiger partial charge in [0.25, 0.3) is 0 Å². The average Bonchev–Trinajstić information content (AvgIpc) is 2.48. The maximum atomic E-state index is 6.06. The number of rotatable bonds is 9. The van der Waals surface area contributed by atoms with Gasteiger partial charge in [-0.2, -0.15) is 0 Å². The van der Waals surface area contributed by atoms with Crippen LogP contribution in [0.5, 0.6) is 5.75 Å². The summed E-state index contributed by atoms with van der Waals surface area (Å²) in [5.41, 5.74) is 3.77. The first-order valence-electron chi connectivity index (χ1n) is 7.89. The number of nitrogens with one attached hydrogen (secondary N) is 1. The first-order valence-corrected chi connectivity index (χ1v) is 7.89. The maximum absolute atomic E-state index is 6.06. The number of hydrazine groups is 1. The number of benzene rings is 1. The number of nitrogens with two attached hydrogens (primary N) is 1. The highest BCUT2D eigenvalue weighted by atomic mass is 16.5. The predicted molar refractivity (Wildman–Crippen MR) is 87.2 cm³/mol. The molecule has 0 fully saturated rings. The average molecular weight is 294 g/mol. The summed E-state index contributed by atoms with van der Waals surface area (Å²) in [4.78, 5) is 0. The minimum absolute atomic E-state index is 0.0412. The molecule has 0 radical (unpaired) electrons. The molecule has 0 saturated carbocycles. The normalized spacial score (nSPS) is 13.5. The summed E-state index contributed by atoms with van der Waals surface area (Å²) in [6.45, 7) is 11.0. The Balaban J connectivity index is 3.02. The molecule has 1 atom stereocenters. The van der Waals surface area contributed by atoms with E-state index >= 15 is 0 Å². The zero-order valence-corrected chi connectivity index (χ0v) is 14.0. The van der Waals surface area contributed by atoms with Gasteiger partial charge in [-0.1, -0.05) is 26.0 Å². The third-order valence-corrected chi connectivity index (χ3v) is 3.91. The van der Waals surface area contributed by atoms with E-state index in [1.807, 2.05) is 32.9 Å². The first kappa shape index (κ1) is 18.0. The van der Waals surface area contributed by atoms with Crippen molar-refractivity contribution in [3.8, 4) is 5.75 Å². The summed E-state index contributed by atoms with van der Waals surface area (Å²) >= 11 is 0. The van der Waals surface area contributed by atoms with Gasteiger partial charge in [-0.05, 0) is 51.3 Å². The SMILES string of the molecule is CCOC(CC)(CC)C(NN)c1ccc(OC(C)C)cc1. The van der Waals surface area contributed by atoms with E-state index in [4.69, 9.17) is 15.3 Å². The van der Waals surface area contributed by atoms with E-state index in [1.54, 1.807) is 0 Å². The fraction of sp³-hybridized carbons (Fsp3) is 0.647. The monoisotopic (exact) mass is 294 g/mol. The largest absolute Gasteiger partial charge is 0.491 e. The number of hydrogen-bond acceptors (Lipinski definition) is 4. The van der Waals surface area contributed by atoms with Crippen molar-refractivity contribution in [1.29, 1.82) is 0 Å². The van der Waals surface area contributed by atoms with Gasteiger partial charge in [0.2, 0.25) is 0 Å². The van der Waals surface area contributed by atoms with Crippen molar-refractivity contribution in [2.45, 2.75) is 65.2 Å². The third-order valence-electron chi connectivity index (χ3n) is 3.91. The summed E-state index contributed by atoms with van der Waals surface area (Å²) in [7, 11) is 0. The Hall–Kier alpha value is -1.10. The van der Waals surface area contributed by atoms with Gasteiger partial charge in [0.05, 0.1) is 17.7 Å². The molecule has 0 aliphatic heterocycles. The Labute approximate surface area is 129 Å². The van der Waals surface area contributed by atoms with Gasteiger partial charge in [0.1, 0.15) is 5.75 Å². The van der Waals surface area contributed by atoms with Gasteiger partial charge in [-0.25, -0.2) is 0 Å². The minimum atomic E-state index is -0.288. The summed E-state index contributed by atoms with van der Waals surface area (Å²) in [6.07, 6.45) is 1.97. The van der Waals surface area contributed by atoms with E-state index in [-0.39, 0.29) is 17.7 Å².